The van der Waals surface area contributed by atoms with E-state index in [-0.39, 0.29) is 12.5 Å². The second-order valence-corrected chi connectivity index (χ2v) is 7.76. The smallest absolute Gasteiger partial charge is 0.322 e. The van der Waals surface area contributed by atoms with Crippen LogP contribution in [0.5, 0.6) is 0 Å². The van der Waals surface area contributed by atoms with Crippen molar-refractivity contribution in [2.75, 3.05) is 6.54 Å². The number of carbonyl (C=O) groups is 1. The second-order valence-electron chi connectivity index (χ2n) is 6.11. The third-order valence-corrected chi connectivity index (χ3v) is 6.19. The van der Waals surface area contributed by atoms with Crippen LogP contribution in [-0.2, 0) is 21.4 Å². The summed E-state index contributed by atoms with van der Waals surface area (Å²) in [6, 6.07) is 7.93. The lowest BCUT2D eigenvalue weighted by atomic mass is 10.1. The number of carboxylic acid groups (broad SMARTS) is 1. The van der Waals surface area contributed by atoms with Crippen molar-refractivity contribution in [2.24, 2.45) is 5.92 Å². The third-order valence-electron chi connectivity index (χ3n) is 4.54. The van der Waals surface area contributed by atoms with E-state index in [2.05, 4.69) is 4.72 Å². The summed E-state index contributed by atoms with van der Waals surface area (Å²) < 4.78 is 28.8. The minimum atomic E-state index is -3.75. The van der Waals surface area contributed by atoms with Gasteiger partial charge in [-0.2, -0.15) is 17.4 Å². The van der Waals surface area contributed by atoms with Crippen molar-refractivity contribution < 1.29 is 18.3 Å². The lowest BCUT2D eigenvalue weighted by Crippen LogP contribution is -2.51. The SMILES string of the molecule is O=C(O)[C@H](Cc1ccccc1)NS(=O)(=O)N1CC2CCC1C2. The Bertz CT molecular complexity index is 647. The average molecular weight is 324 g/mol. The van der Waals surface area contributed by atoms with Crippen molar-refractivity contribution in [2.45, 2.75) is 37.8 Å². The molecule has 1 aromatic carbocycles. The molecule has 0 amide bonds. The average Bonchev–Trinajstić information content (AvgIpc) is 3.10. The number of aliphatic carboxylic acids is 1. The van der Waals surface area contributed by atoms with Crippen molar-refractivity contribution in [3.05, 3.63) is 35.9 Å². The van der Waals surface area contributed by atoms with Gasteiger partial charge in [0, 0.05) is 12.6 Å². The third kappa shape index (κ3) is 3.16. The van der Waals surface area contributed by atoms with Crippen LogP contribution in [0.3, 0.4) is 0 Å². The summed E-state index contributed by atoms with van der Waals surface area (Å²) in [4.78, 5) is 11.4. The van der Waals surface area contributed by atoms with Crippen LogP contribution in [0.2, 0.25) is 0 Å². The van der Waals surface area contributed by atoms with Crippen LogP contribution in [0, 0.1) is 5.92 Å². The monoisotopic (exact) mass is 324 g/mol. The Morgan fingerprint density at radius 1 is 1.32 bits per heavy atom. The molecule has 2 unspecified atom stereocenters. The Balaban J connectivity index is 1.72. The van der Waals surface area contributed by atoms with Crippen molar-refractivity contribution in [3.63, 3.8) is 0 Å². The first-order valence-electron chi connectivity index (χ1n) is 7.51. The van der Waals surface area contributed by atoms with Gasteiger partial charge in [-0.15, -0.1) is 0 Å². The molecule has 1 aliphatic carbocycles. The normalized spacial score (nSPS) is 26.2. The summed E-state index contributed by atoms with van der Waals surface area (Å²) >= 11 is 0. The predicted octanol–water partition coefficient (Wildman–Crippen LogP) is 1.00. The standard InChI is InChI=1S/C15H20N2O4S/c18-15(19)14(9-11-4-2-1-3-5-11)16-22(20,21)17-10-12-6-7-13(17)8-12/h1-5,12-14,16H,6-10H2,(H,18,19)/t12?,13?,14-/m0/s1. The molecule has 2 fully saturated rings. The zero-order valence-electron chi connectivity index (χ0n) is 12.2. The molecule has 120 valence electrons. The van der Waals surface area contributed by atoms with Crippen LogP contribution in [-0.4, -0.2) is 42.4 Å². The van der Waals surface area contributed by atoms with Gasteiger partial charge in [-0.3, -0.25) is 4.79 Å². The van der Waals surface area contributed by atoms with Gasteiger partial charge in [0.2, 0.25) is 0 Å². The number of benzene rings is 1. The van der Waals surface area contributed by atoms with Crippen molar-refractivity contribution >= 4 is 16.2 Å². The highest BCUT2D eigenvalue weighted by Gasteiger charge is 2.44. The summed E-state index contributed by atoms with van der Waals surface area (Å²) in [6.07, 6.45) is 2.99. The molecular formula is C15H20N2O4S. The number of piperidine rings is 1. The van der Waals surface area contributed by atoms with Crippen LogP contribution >= 0.6 is 0 Å². The van der Waals surface area contributed by atoms with Gasteiger partial charge in [-0.1, -0.05) is 30.3 Å². The van der Waals surface area contributed by atoms with Crippen LogP contribution < -0.4 is 4.72 Å². The Hall–Kier alpha value is -1.44. The molecule has 3 atom stereocenters. The number of fused-ring (bicyclic) bond motifs is 2. The van der Waals surface area contributed by atoms with E-state index in [0.29, 0.717) is 12.5 Å². The van der Waals surface area contributed by atoms with E-state index in [1.54, 1.807) is 12.1 Å². The molecule has 2 bridgehead atoms. The maximum atomic E-state index is 12.5. The van der Waals surface area contributed by atoms with E-state index in [4.69, 9.17) is 0 Å². The number of carboxylic acids is 1. The minimum Gasteiger partial charge on any atom is -0.480 e. The van der Waals surface area contributed by atoms with Crippen molar-refractivity contribution in [3.8, 4) is 0 Å². The molecule has 2 aliphatic rings. The quantitative estimate of drug-likeness (QED) is 0.817. The summed E-state index contributed by atoms with van der Waals surface area (Å²) in [5.74, 6) is -0.726. The van der Waals surface area contributed by atoms with Crippen molar-refractivity contribution in [1.29, 1.82) is 0 Å². The summed E-state index contributed by atoms with van der Waals surface area (Å²) in [7, 11) is -3.75. The molecule has 1 saturated carbocycles. The molecule has 2 N–H and O–H groups in total. The van der Waals surface area contributed by atoms with Gasteiger partial charge in [0.05, 0.1) is 0 Å². The Morgan fingerprint density at radius 3 is 2.59 bits per heavy atom. The van der Waals surface area contributed by atoms with Gasteiger partial charge >= 0.3 is 5.97 Å². The first kappa shape index (κ1) is 15.5. The zero-order valence-corrected chi connectivity index (χ0v) is 13.0. The molecule has 0 radical (unpaired) electrons. The molecule has 7 heteroatoms. The Morgan fingerprint density at radius 2 is 2.05 bits per heavy atom. The van der Waals surface area contributed by atoms with Gasteiger partial charge in [0.1, 0.15) is 6.04 Å². The van der Waals surface area contributed by atoms with Gasteiger partial charge in [-0.05, 0) is 37.2 Å². The highest BCUT2D eigenvalue weighted by molar-refractivity contribution is 7.87. The maximum Gasteiger partial charge on any atom is 0.322 e. The van der Waals surface area contributed by atoms with E-state index in [9.17, 15) is 18.3 Å². The molecular weight excluding hydrogens is 304 g/mol. The highest BCUT2D eigenvalue weighted by Crippen LogP contribution is 2.38. The number of rotatable bonds is 6. The fraction of sp³-hybridized carbons (Fsp3) is 0.533. The van der Waals surface area contributed by atoms with E-state index < -0.39 is 22.2 Å². The largest absolute Gasteiger partial charge is 0.480 e. The van der Waals surface area contributed by atoms with E-state index in [1.165, 1.54) is 4.31 Å². The summed E-state index contributed by atoms with van der Waals surface area (Å²) in [6.45, 7) is 0.512. The molecule has 1 aliphatic heterocycles. The lowest BCUT2D eigenvalue weighted by molar-refractivity contribution is -0.138. The first-order valence-corrected chi connectivity index (χ1v) is 8.95. The molecule has 3 rings (SSSR count). The molecule has 22 heavy (non-hydrogen) atoms. The predicted molar refractivity (Wildman–Crippen MR) is 81.5 cm³/mol. The molecule has 1 aromatic rings. The summed E-state index contributed by atoms with van der Waals surface area (Å²) in [5, 5.41) is 9.33. The molecule has 1 saturated heterocycles. The molecule has 6 nitrogen and oxygen atoms in total. The topological polar surface area (TPSA) is 86.7 Å². The molecule has 1 heterocycles. The minimum absolute atomic E-state index is 0.0358. The number of nitrogens with one attached hydrogen (secondary N) is 1. The van der Waals surface area contributed by atoms with Crippen LogP contribution in [0.1, 0.15) is 24.8 Å². The van der Waals surface area contributed by atoms with Crippen molar-refractivity contribution in [1.82, 2.24) is 9.03 Å². The highest BCUT2D eigenvalue weighted by atomic mass is 32.2. The van der Waals surface area contributed by atoms with Gasteiger partial charge in [0.15, 0.2) is 0 Å². The zero-order chi connectivity index (χ0) is 15.7. The van der Waals surface area contributed by atoms with Crippen LogP contribution in [0.15, 0.2) is 30.3 Å². The first-order chi connectivity index (χ1) is 10.5. The number of hydrogen-bond acceptors (Lipinski definition) is 3. The van der Waals surface area contributed by atoms with E-state index >= 15 is 0 Å². The number of hydrogen-bond donors (Lipinski definition) is 2. The molecule has 0 spiro atoms. The second kappa shape index (κ2) is 5.98. The Labute approximate surface area is 130 Å². The lowest BCUT2D eigenvalue weighted by Gasteiger charge is -2.27. The molecule has 0 aromatic heterocycles. The van der Waals surface area contributed by atoms with Gasteiger partial charge < -0.3 is 5.11 Å². The van der Waals surface area contributed by atoms with Gasteiger partial charge in [0.25, 0.3) is 10.2 Å². The van der Waals surface area contributed by atoms with E-state index in [0.717, 1.165) is 24.8 Å². The number of nitrogens with zero attached hydrogens (tertiary/aromatic N) is 1. The fourth-order valence-corrected chi connectivity index (χ4v) is 5.12. The fourth-order valence-electron chi connectivity index (χ4n) is 3.45. The van der Waals surface area contributed by atoms with Gasteiger partial charge in [-0.25, -0.2) is 0 Å². The van der Waals surface area contributed by atoms with E-state index in [1.807, 2.05) is 18.2 Å². The Kier molecular flexibility index (Phi) is 4.20. The summed E-state index contributed by atoms with van der Waals surface area (Å²) in [5.41, 5.74) is 0.792. The maximum absolute atomic E-state index is 12.5. The van der Waals surface area contributed by atoms with Crippen LogP contribution in [0.25, 0.3) is 0 Å². The van der Waals surface area contributed by atoms with Crippen LogP contribution in [0.4, 0.5) is 0 Å².